The summed E-state index contributed by atoms with van der Waals surface area (Å²) in [5.41, 5.74) is 3.33. The molecule has 1 N–H and O–H groups in total. The van der Waals surface area contributed by atoms with Gasteiger partial charge in [0.15, 0.2) is 0 Å². The lowest BCUT2D eigenvalue weighted by molar-refractivity contribution is -0.0427. The Hall–Kier alpha value is -3.17. The maximum Gasteiger partial charge on any atom is 0.273 e. The Balaban J connectivity index is 1.59. The topological polar surface area (TPSA) is 47.1 Å². The van der Waals surface area contributed by atoms with E-state index in [9.17, 15) is 0 Å². The van der Waals surface area contributed by atoms with E-state index in [2.05, 4.69) is 46.7 Å². The molecule has 0 spiro atoms. The van der Waals surface area contributed by atoms with Crippen molar-refractivity contribution >= 4 is 45.5 Å². The van der Waals surface area contributed by atoms with Crippen LogP contribution in [0.2, 0.25) is 5.04 Å². The standard InChI is InChI=1S/C35H37BrF2N2O2Si/c1-24(41-5)32-28(17-12-20-39-32)33-30(29-21-25(36)18-19-31(29)40-33)22-35(37,38)23-42-43(34(2,3)4,26-13-8-6-9-14-26)27-15-10-7-11-16-27/h6-21,24,40H,22-23H2,1-5H3/t24-/m0/s1. The highest BCUT2D eigenvalue weighted by molar-refractivity contribution is 9.10. The Morgan fingerprint density at radius 1 is 0.907 bits per heavy atom. The van der Waals surface area contributed by atoms with E-state index >= 15 is 8.78 Å². The van der Waals surface area contributed by atoms with Crippen LogP contribution >= 0.6 is 15.9 Å². The molecule has 0 fully saturated rings. The van der Waals surface area contributed by atoms with Crippen LogP contribution in [-0.2, 0) is 15.6 Å². The molecule has 43 heavy (non-hydrogen) atoms. The number of aromatic amines is 1. The van der Waals surface area contributed by atoms with Crippen molar-refractivity contribution in [3.63, 3.8) is 0 Å². The van der Waals surface area contributed by atoms with Gasteiger partial charge in [0.2, 0.25) is 0 Å². The van der Waals surface area contributed by atoms with Gasteiger partial charge in [-0.1, -0.05) is 97.4 Å². The van der Waals surface area contributed by atoms with Gasteiger partial charge in [-0.15, -0.1) is 0 Å². The molecule has 0 aliphatic rings. The lowest BCUT2D eigenvalue weighted by Gasteiger charge is -2.43. The van der Waals surface area contributed by atoms with Crippen molar-refractivity contribution < 1.29 is 17.9 Å². The van der Waals surface area contributed by atoms with Gasteiger partial charge < -0.3 is 14.1 Å². The summed E-state index contributed by atoms with van der Waals surface area (Å²) in [4.78, 5) is 7.97. The molecule has 0 aliphatic heterocycles. The molecule has 0 radical (unpaired) electrons. The lowest BCUT2D eigenvalue weighted by Crippen LogP contribution is -2.67. The van der Waals surface area contributed by atoms with Crippen LogP contribution in [0.3, 0.4) is 0 Å². The number of hydrogen-bond acceptors (Lipinski definition) is 3. The predicted octanol–water partition coefficient (Wildman–Crippen LogP) is 8.45. The van der Waals surface area contributed by atoms with E-state index in [0.717, 1.165) is 31.3 Å². The van der Waals surface area contributed by atoms with Crippen LogP contribution in [0.1, 0.15) is 45.1 Å². The summed E-state index contributed by atoms with van der Waals surface area (Å²) < 4.78 is 45.9. The van der Waals surface area contributed by atoms with Crippen LogP contribution in [0.5, 0.6) is 0 Å². The van der Waals surface area contributed by atoms with E-state index in [1.165, 1.54) is 0 Å². The number of ether oxygens (including phenoxy) is 1. The maximum atomic E-state index is 16.4. The zero-order chi connectivity index (χ0) is 30.8. The van der Waals surface area contributed by atoms with Crippen molar-refractivity contribution in [3.8, 4) is 11.3 Å². The Morgan fingerprint density at radius 2 is 1.53 bits per heavy atom. The summed E-state index contributed by atoms with van der Waals surface area (Å²) in [7, 11) is -1.54. The first kappa shape index (κ1) is 31.3. The zero-order valence-corrected chi connectivity index (χ0v) is 27.7. The van der Waals surface area contributed by atoms with Gasteiger partial charge in [0.25, 0.3) is 14.2 Å². The summed E-state index contributed by atoms with van der Waals surface area (Å²) in [5, 5.41) is 2.25. The van der Waals surface area contributed by atoms with Gasteiger partial charge in [0.1, 0.15) is 0 Å². The molecule has 0 bridgehead atoms. The average Bonchev–Trinajstić information content (AvgIpc) is 3.33. The number of pyridine rings is 1. The van der Waals surface area contributed by atoms with Crippen molar-refractivity contribution in [1.29, 1.82) is 0 Å². The van der Waals surface area contributed by atoms with E-state index in [4.69, 9.17) is 9.16 Å². The van der Waals surface area contributed by atoms with E-state index in [-0.39, 0.29) is 6.10 Å². The van der Waals surface area contributed by atoms with Gasteiger partial charge in [0, 0.05) is 40.7 Å². The van der Waals surface area contributed by atoms with Crippen LogP contribution in [0.15, 0.2) is 102 Å². The van der Waals surface area contributed by atoms with Crippen molar-refractivity contribution in [2.45, 2.75) is 51.2 Å². The number of alkyl halides is 2. The van der Waals surface area contributed by atoms with Crippen LogP contribution in [-0.4, -0.2) is 37.9 Å². The van der Waals surface area contributed by atoms with Crippen molar-refractivity contribution in [3.05, 3.63) is 113 Å². The number of fused-ring (bicyclic) bond motifs is 1. The third-order valence-electron chi connectivity index (χ3n) is 8.07. The summed E-state index contributed by atoms with van der Waals surface area (Å²) in [6.45, 7) is 7.46. The fraction of sp³-hybridized carbons (Fsp3) is 0.286. The minimum atomic E-state index is -3.17. The number of hydrogen-bond donors (Lipinski definition) is 1. The summed E-state index contributed by atoms with van der Waals surface area (Å²) in [6, 6.07) is 29.2. The number of nitrogens with one attached hydrogen (secondary N) is 1. The zero-order valence-electron chi connectivity index (χ0n) is 25.1. The second-order valence-electron chi connectivity index (χ2n) is 12.0. The molecule has 0 saturated heterocycles. The second-order valence-corrected chi connectivity index (χ2v) is 17.2. The average molecular weight is 664 g/mol. The fourth-order valence-electron chi connectivity index (χ4n) is 5.98. The number of halogens is 3. The van der Waals surface area contributed by atoms with Crippen molar-refractivity contribution in [2.24, 2.45) is 0 Å². The molecule has 0 amide bonds. The molecule has 0 aliphatic carbocycles. The van der Waals surface area contributed by atoms with Crippen LogP contribution in [0, 0.1) is 0 Å². The number of benzene rings is 3. The predicted molar refractivity (Wildman–Crippen MR) is 177 cm³/mol. The molecular weight excluding hydrogens is 626 g/mol. The Labute approximate surface area is 261 Å². The Morgan fingerprint density at radius 3 is 2.12 bits per heavy atom. The molecule has 5 aromatic rings. The monoisotopic (exact) mass is 662 g/mol. The molecule has 0 unspecified atom stereocenters. The highest BCUT2D eigenvalue weighted by Crippen LogP contribution is 2.41. The first-order valence-electron chi connectivity index (χ1n) is 14.4. The van der Waals surface area contributed by atoms with Crippen LogP contribution < -0.4 is 10.4 Å². The van der Waals surface area contributed by atoms with Crippen molar-refractivity contribution in [1.82, 2.24) is 9.97 Å². The minimum Gasteiger partial charge on any atom is -0.401 e. The molecule has 0 saturated carbocycles. The lowest BCUT2D eigenvalue weighted by atomic mass is 9.97. The van der Waals surface area contributed by atoms with E-state index in [1.54, 1.807) is 13.3 Å². The van der Waals surface area contributed by atoms with Crippen LogP contribution in [0.4, 0.5) is 8.78 Å². The third-order valence-corrected chi connectivity index (χ3v) is 13.5. The second kappa shape index (κ2) is 12.4. The molecule has 1 atom stereocenters. The highest BCUT2D eigenvalue weighted by Gasteiger charge is 2.51. The van der Waals surface area contributed by atoms with Crippen molar-refractivity contribution in [2.75, 3.05) is 13.7 Å². The first-order chi connectivity index (χ1) is 20.5. The van der Waals surface area contributed by atoms with Gasteiger partial charge >= 0.3 is 0 Å². The van der Waals surface area contributed by atoms with Gasteiger partial charge in [-0.3, -0.25) is 4.98 Å². The Bertz CT molecular complexity index is 1650. The number of nitrogens with zero attached hydrogens (tertiary/aromatic N) is 1. The first-order valence-corrected chi connectivity index (χ1v) is 17.1. The minimum absolute atomic E-state index is 0.318. The smallest absolute Gasteiger partial charge is 0.273 e. The van der Waals surface area contributed by atoms with Gasteiger partial charge in [-0.25, -0.2) is 8.78 Å². The van der Waals surface area contributed by atoms with E-state index in [1.807, 2.05) is 97.9 Å². The molecular formula is C35H37BrF2N2O2Si. The fourth-order valence-corrected chi connectivity index (χ4v) is 10.9. The summed E-state index contributed by atoms with van der Waals surface area (Å²) in [5.74, 6) is -3.17. The van der Waals surface area contributed by atoms with Gasteiger partial charge in [-0.05, 0) is 58.2 Å². The highest BCUT2D eigenvalue weighted by atomic mass is 79.9. The van der Waals surface area contributed by atoms with Gasteiger partial charge in [-0.2, -0.15) is 0 Å². The molecule has 224 valence electrons. The SMILES string of the molecule is CO[C@@H](C)c1ncccc1-c1[nH]c2ccc(Br)cc2c1CC(F)(F)CO[Si](c1ccccc1)(c1ccccc1)C(C)(C)C. The maximum absolute atomic E-state index is 16.4. The molecule has 2 heterocycles. The number of rotatable bonds is 10. The number of H-pyrrole nitrogens is 1. The molecule has 4 nitrogen and oxygen atoms in total. The van der Waals surface area contributed by atoms with Gasteiger partial charge in [0.05, 0.1) is 24.1 Å². The van der Waals surface area contributed by atoms with E-state index in [0.29, 0.717) is 17.0 Å². The summed E-state index contributed by atoms with van der Waals surface area (Å²) in [6.07, 6.45) is 0.868. The third kappa shape index (κ3) is 6.24. The quantitative estimate of drug-likeness (QED) is 0.153. The molecule has 5 rings (SSSR count). The Kier molecular flexibility index (Phi) is 9.04. The normalized spacial score (nSPS) is 13.4. The largest absolute Gasteiger partial charge is 0.401 e. The molecule has 8 heteroatoms. The molecule has 3 aromatic carbocycles. The number of methoxy groups -OCH3 is 1. The van der Waals surface area contributed by atoms with E-state index < -0.39 is 32.3 Å². The number of aromatic nitrogens is 2. The summed E-state index contributed by atoms with van der Waals surface area (Å²) >= 11 is 3.54. The van der Waals surface area contributed by atoms with Crippen LogP contribution in [0.25, 0.3) is 22.2 Å². The molecule has 2 aromatic heterocycles.